The Labute approximate surface area is 174 Å². The number of nitrogens with zero attached hydrogens (tertiary/aromatic N) is 3. The highest BCUT2D eigenvalue weighted by atomic mass is 32.2. The quantitative estimate of drug-likeness (QED) is 0.708. The molecule has 2 aromatic heterocycles. The van der Waals surface area contributed by atoms with Gasteiger partial charge in [-0.2, -0.15) is 0 Å². The van der Waals surface area contributed by atoms with E-state index in [-0.39, 0.29) is 22.6 Å². The zero-order chi connectivity index (χ0) is 22.1. The number of hydrogen-bond acceptors (Lipinski definition) is 6. The Balaban J connectivity index is 2.46. The molecular formula is C19H27FN4O3S2. The van der Waals surface area contributed by atoms with Gasteiger partial charge in [-0.1, -0.05) is 27.7 Å². The van der Waals surface area contributed by atoms with Crippen LogP contribution in [-0.2, 0) is 26.7 Å². The largest absolute Gasteiger partial charge is 0.385 e. The first kappa shape index (κ1) is 23.5. The molecule has 0 aliphatic rings. The highest BCUT2D eigenvalue weighted by Gasteiger charge is 2.25. The third-order valence-electron chi connectivity index (χ3n) is 4.24. The summed E-state index contributed by atoms with van der Waals surface area (Å²) in [5.74, 6) is -1.44. The zero-order valence-corrected chi connectivity index (χ0v) is 19.0. The van der Waals surface area contributed by atoms with Crippen LogP contribution in [0.25, 0.3) is 0 Å². The Kier molecular flexibility index (Phi) is 6.93. The van der Waals surface area contributed by atoms with Gasteiger partial charge >= 0.3 is 0 Å². The van der Waals surface area contributed by atoms with Gasteiger partial charge in [0.1, 0.15) is 5.82 Å². The first-order chi connectivity index (χ1) is 13.2. The Bertz CT molecular complexity index is 1030. The van der Waals surface area contributed by atoms with Crippen LogP contribution in [-0.4, -0.2) is 25.2 Å². The summed E-state index contributed by atoms with van der Waals surface area (Å²) in [5.41, 5.74) is 0.270. The fraction of sp³-hybridized carbons (Fsp3) is 0.526. The van der Waals surface area contributed by atoms with Crippen molar-refractivity contribution in [3.05, 3.63) is 39.9 Å². The molecular weight excluding hydrogens is 415 g/mol. The molecule has 0 saturated heterocycles. The van der Waals surface area contributed by atoms with Gasteiger partial charge in [-0.25, -0.2) is 18.7 Å². The van der Waals surface area contributed by atoms with Gasteiger partial charge in [0.15, 0.2) is 9.92 Å². The van der Waals surface area contributed by atoms with Crippen molar-refractivity contribution < 1.29 is 18.5 Å². The Morgan fingerprint density at radius 2 is 1.90 bits per heavy atom. The number of pyridine rings is 1. The van der Waals surface area contributed by atoms with Crippen molar-refractivity contribution in [1.82, 2.24) is 9.97 Å². The maximum Gasteiger partial charge on any atom is 0.259 e. The SMILES string of the molecule is CC(C)c1ncc(F)c(C(C)C)c1CC(=O)N=[S@](N)(=O)c1ncc(C(C)(C)O)s1. The molecule has 0 fully saturated rings. The van der Waals surface area contributed by atoms with E-state index >= 15 is 0 Å². The smallest absolute Gasteiger partial charge is 0.259 e. The van der Waals surface area contributed by atoms with Crippen molar-refractivity contribution in [2.75, 3.05) is 0 Å². The van der Waals surface area contributed by atoms with Gasteiger partial charge in [-0.05, 0) is 36.8 Å². The Morgan fingerprint density at radius 1 is 1.28 bits per heavy atom. The first-order valence-electron chi connectivity index (χ1n) is 9.17. The van der Waals surface area contributed by atoms with Gasteiger partial charge < -0.3 is 5.11 Å². The fourth-order valence-corrected chi connectivity index (χ4v) is 5.07. The van der Waals surface area contributed by atoms with Crippen LogP contribution >= 0.6 is 11.3 Å². The van der Waals surface area contributed by atoms with Crippen molar-refractivity contribution >= 4 is 27.2 Å². The number of rotatable bonds is 6. The number of nitrogens with two attached hydrogens (primary N) is 1. The number of carbonyl (C=O) groups is 1. The zero-order valence-electron chi connectivity index (χ0n) is 17.4. The number of hydrogen-bond donors (Lipinski definition) is 2. The van der Waals surface area contributed by atoms with Crippen molar-refractivity contribution in [3.8, 4) is 0 Å². The van der Waals surface area contributed by atoms with Crippen LogP contribution in [0.3, 0.4) is 0 Å². The van der Waals surface area contributed by atoms with E-state index in [9.17, 15) is 18.5 Å². The van der Waals surface area contributed by atoms with Crippen LogP contribution in [0.5, 0.6) is 0 Å². The number of aromatic nitrogens is 2. The molecule has 0 radical (unpaired) electrons. The predicted molar refractivity (Wildman–Crippen MR) is 111 cm³/mol. The highest BCUT2D eigenvalue weighted by Crippen LogP contribution is 2.30. The average molecular weight is 443 g/mol. The molecule has 2 heterocycles. The molecule has 3 N–H and O–H groups in total. The molecule has 7 nitrogen and oxygen atoms in total. The van der Waals surface area contributed by atoms with Gasteiger partial charge in [-0.15, -0.1) is 15.7 Å². The molecule has 0 aromatic carbocycles. The van der Waals surface area contributed by atoms with Crippen LogP contribution in [0, 0.1) is 5.82 Å². The number of carbonyl (C=O) groups excluding carboxylic acids is 1. The molecule has 0 bridgehead atoms. The summed E-state index contributed by atoms with van der Waals surface area (Å²) in [6.07, 6.45) is 2.26. The van der Waals surface area contributed by atoms with Crippen molar-refractivity contribution in [3.63, 3.8) is 0 Å². The molecule has 1 atom stereocenters. The standard InChI is InChI=1S/C19H27FN4O3S2/c1-10(2)16-12(17(11(3)4)22-8-13(16)20)7-15(25)24-29(21,27)18-23-9-14(28-18)19(5,6)26/h8-11,26H,7H2,1-6H3,(H2,21,24,25,27)/t29-/m0/s1. The van der Waals surface area contributed by atoms with Gasteiger partial charge in [0, 0.05) is 11.9 Å². The molecule has 0 aliphatic heterocycles. The van der Waals surface area contributed by atoms with Gasteiger partial charge in [-0.3, -0.25) is 9.78 Å². The van der Waals surface area contributed by atoms with Crippen molar-refractivity contribution in [1.29, 1.82) is 0 Å². The normalized spacial score (nSPS) is 14.3. The van der Waals surface area contributed by atoms with Crippen LogP contribution in [0.15, 0.2) is 21.1 Å². The molecule has 1 amide bonds. The molecule has 29 heavy (non-hydrogen) atoms. The van der Waals surface area contributed by atoms with E-state index in [1.165, 1.54) is 6.20 Å². The third-order valence-corrected chi connectivity index (χ3v) is 7.39. The van der Waals surface area contributed by atoms with E-state index in [0.717, 1.165) is 17.5 Å². The second-order valence-electron chi connectivity index (χ2n) is 7.97. The minimum Gasteiger partial charge on any atom is -0.385 e. The molecule has 0 saturated carbocycles. The van der Waals surface area contributed by atoms with Crippen LogP contribution < -0.4 is 5.14 Å². The van der Waals surface area contributed by atoms with Crippen molar-refractivity contribution in [2.45, 2.75) is 69.7 Å². The summed E-state index contributed by atoms with van der Waals surface area (Å²) < 4.78 is 30.8. The molecule has 10 heteroatoms. The van der Waals surface area contributed by atoms with E-state index in [1.807, 2.05) is 27.7 Å². The number of aliphatic hydroxyl groups is 1. The maximum atomic E-state index is 14.4. The van der Waals surface area contributed by atoms with E-state index in [2.05, 4.69) is 14.3 Å². The van der Waals surface area contributed by atoms with E-state index in [0.29, 0.717) is 21.7 Å². The van der Waals surface area contributed by atoms with E-state index in [4.69, 9.17) is 5.14 Å². The Hall–Kier alpha value is -1.75. The van der Waals surface area contributed by atoms with Crippen LogP contribution in [0.1, 0.15) is 75.1 Å². The van der Waals surface area contributed by atoms with Gasteiger partial charge in [0.05, 0.1) is 23.1 Å². The minimum absolute atomic E-state index is 0.0357. The number of halogens is 1. The lowest BCUT2D eigenvalue weighted by molar-refractivity contribution is -0.117. The van der Waals surface area contributed by atoms with Crippen LogP contribution in [0.4, 0.5) is 4.39 Å². The lowest BCUT2D eigenvalue weighted by atomic mass is 9.90. The minimum atomic E-state index is -3.59. The summed E-state index contributed by atoms with van der Waals surface area (Å²) in [5, 5.41) is 15.8. The molecule has 0 spiro atoms. The topological polar surface area (TPSA) is 119 Å². The summed E-state index contributed by atoms with van der Waals surface area (Å²) in [6.45, 7) is 10.6. The lowest BCUT2D eigenvalue weighted by Gasteiger charge is -2.18. The molecule has 0 aliphatic carbocycles. The van der Waals surface area contributed by atoms with Gasteiger partial charge in [0.2, 0.25) is 4.34 Å². The van der Waals surface area contributed by atoms with Gasteiger partial charge in [0.25, 0.3) is 5.91 Å². The van der Waals surface area contributed by atoms with E-state index < -0.39 is 27.2 Å². The molecule has 2 rings (SSSR count). The number of thiazole rings is 1. The maximum absolute atomic E-state index is 14.4. The van der Waals surface area contributed by atoms with Crippen molar-refractivity contribution in [2.24, 2.45) is 9.50 Å². The fourth-order valence-electron chi connectivity index (χ4n) is 2.91. The first-order valence-corrected chi connectivity index (χ1v) is 11.6. The van der Waals surface area contributed by atoms with E-state index in [1.54, 1.807) is 13.8 Å². The summed E-state index contributed by atoms with van der Waals surface area (Å²) in [6, 6.07) is 0. The molecule has 160 valence electrons. The monoisotopic (exact) mass is 442 g/mol. The van der Waals surface area contributed by atoms with Crippen LogP contribution in [0.2, 0.25) is 0 Å². The summed E-state index contributed by atoms with van der Waals surface area (Å²) in [7, 11) is -3.59. The molecule has 2 aromatic rings. The number of amides is 1. The lowest BCUT2D eigenvalue weighted by Crippen LogP contribution is -2.17. The second-order valence-corrected chi connectivity index (χ2v) is 11.0. The third kappa shape index (κ3) is 5.44. The summed E-state index contributed by atoms with van der Waals surface area (Å²) >= 11 is 0.934. The Morgan fingerprint density at radius 3 is 2.38 bits per heavy atom. The predicted octanol–water partition coefficient (Wildman–Crippen LogP) is 3.62. The second kappa shape index (κ2) is 8.55. The molecule has 0 unspecified atom stereocenters. The highest BCUT2D eigenvalue weighted by molar-refractivity contribution is 7.93. The average Bonchev–Trinajstić information content (AvgIpc) is 3.04. The summed E-state index contributed by atoms with van der Waals surface area (Å²) in [4.78, 5) is 21.2.